The Morgan fingerprint density at radius 3 is 2.31 bits per heavy atom. The first kappa shape index (κ1) is 9.25. The van der Waals surface area contributed by atoms with E-state index in [2.05, 4.69) is 10.6 Å². The van der Waals surface area contributed by atoms with Crippen LogP contribution in [0.5, 0.6) is 0 Å². The molecule has 0 aromatic carbocycles. The smallest absolute Gasteiger partial charge is 0.166 e. The van der Waals surface area contributed by atoms with E-state index in [0.29, 0.717) is 6.04 Å². The second-order valence-corrected chi connectivity index (χ2v) is 4.91. The third-order valence-corrected chi connectivity index (χ3v) is 3.89. The standard InChI is InChI=1S/C10H18N2S/c1-11-9(13)12-8-2-4-10(5-3-8)6-7-10/h8H,2-7H2,1H3,(H2,11,12,13). The zero-order valence-corrected chi connectivity index (χ0v) is 9.04. The molecule has 0 radical (unpaired) electrons. The number of rotatable bonds is 1. The number of nitrogens with one attached hydrogen (secondary N) is 2. The molecule has 2 aliphatic rings. The lowest BCUT2D eigenvalue weighted by atomic mass is 9.83. The summed E-state index contributed by atoms with van der Waals surface area (Å²) in [4.78, 5) is 0. The number of hydrogen-bond acceptors (Lipinski definition) is 1. The predicted molar refractivity (Wildman–Crippen MR) is 58.7 cm³/mol. The maximum atomic E-state index is 5.09. The molecular weight excluding hydrogens is 180 g/mol. The van der Waals surface area contributed by atoms with Gasteiger partial charge in [0, 0.05) is 13.1 Å². The van der Waals surface area contributed by atoms with Crippen molar-refractivity contribution < 1.29 is 0 Å². The summed E-state index contributed by atoms with van der Waals surface area (Å²) in [6.45, 7) is 0. The van der Waals surface area contributed by atoms with Gasteiger partial charge in [0.2, 0.25) is 0 Å². The molecule has 74 valence electrons. The molecule has 0 aliphatic heterocycles. The Labute approximate surface area is 85.5 Å². The van der Waals surface area contributed by atoms with Gasteiger partial charge < -0.3 is 10.6 Å². The minimum absolute atomic E-state index is 0.631. The molecule has 0 aromatic heterocycles. The Morgan fingerprint density at radius 2 is 1.85 bits per heavy atom. The van der Waals surface area contributed by atoms with Crippen molar-refractivity contribution in [1.82, 2.24) is 10.6 Å². The van der Waals surface area contributed by atoms with Crippen LogP contribution in [0, 0.1) is 5.41 Å². The fraction of sp³-hybridized carbons (Fsp3) is 0.900. The average molecular weight is 198 g/mol. The highest BCUT2D eigenvalue weighted by atomic mass is 32.1. The molecule has 0 bridgehead atoms. The molecule has 0 atom stereocenters. The summed E-state index contributed by atoms with van der Waals surface area (Å²) in [5, 5.41) is 7.13. The second-order valence-electron chi connectivity index (χ2n) is 4.50. The van der Waals surface area contributed by atoms with Crippen LogP contribution in [0.15, 0.2) is 0 Å². The van der Waals surface area contributed by atoms with Crippen LogP contribution in [-0.2, 0) is 0 Å². The molecule has 13 heavy (non-hydrogen) atoms. The average Bonchev–Trinajstić information content (AvgIpc) is 2.90. The third kappa shape index (κ3) is 2.13. The van der Waals surface area contributed by atoms with Crippen molar-refractivity contribution in [1.29, 1.82) is 0 Å². The first-order valence-electron chi connectivity index (χ1n) is 5.22. The Balaban J connectivity index is 1.74. The quantitative estimate of drug-likeness (QED) is 0.628. The van der Waals surface area contributed by atoms with Crippen LogP contribution < -0.4 is 10.6 Å². The zero-order chi connectivity index (χ0) is 9.31. The summed E-state index contributed by atoms with van der Waals surface area (Å²) in [6.07, 6.45) is 8.41. The highest BCUT2D eigenvalue weighted by molar-refractivity contribution is 7.80. The van der Waals surface area contributed by atoms with E-state index in [4.69, 9.17) is 12.2 Å². The van der Waals surface area contributed by atoms with Crippen molar-refractivity contribution >= 4 is 17.3 Å². The lowest BCUT2D eigenvalue weighted by molar-refractivity contribution is 0.292. The van der Waals surface area contributed by atoms with Gasteiger partial charge in [-0.1, -0.05) is 0 Å². The molecule has 1 spiro atoms. The highest BCUT2D eigenvalue weighted by Crippen LogP contribution is 2.55. The lowest BCUT2D eigenvalue weighted by Gasteiger charge is -2.29. The van der Waals surface area contributed by atoms with E-state index in [-0.39, 0.29) is 0 Å². The minimum Gasteiger partial charge on any atom is -0.366 e. The maximum Gasteiger partial charge on any atom is 0.166 e. The molecule has 0 amide bonds. The van der Waals surface area contributed by atoms with Crippen LogP contribution in [0.1, 0.15) is 38.5 Å². The van der Waals surface area contributed by atoms with Crippen molar-refractivity contribution in [2.24, 2.45) is 5.41 Å². The van der Waals surface area contributed by atoms with E-state index < -0.39 is 0 Å². The molecule has 3 heteroatoms. The molecule has 2 rings (SSSR count). The van der Waals surface area contributed by atoms with Gasteiger partial charge in [-0.2, -0.15) is 0 Å². The Bertz CT molecular complexity index is 201. The lowest BCUT2D eigenvalue weighted by Crippen LogP contribution is -2.42. The SMILES string of the molecule is CNC(=S)NC1CCC2(CC1)CC2. The summed E-state index contributed by atoms with van der Waals surface area (Å²) in [5.41, 5.74) is 0.791. The van der Waals surface area contributed by atoms with Crippen molar-refractivity contribution in [2.75, 3.05) is 7.05 Å². The van der Waals surface area contributed by atoms with E-state index in [1.54, 1.807) is 0 Å². The van der Waals surface area contributed by atoms with Gasteiger partial charge in [-0.3, -0.25) is 0 Å². The maximum absolute atomic E-state index is 5.09. The Kier molecular flexibility index (Phi) is 2.45. The molecule has 2 saturated carbocycles. The van der Waals surface area contributed by atoms with E-state index >= 15 is 0 Å². The fourth-order valence-electron chi connectivity index (χ4n) is 2.31. The third-order valence-electron chi connectivity index (χ3n) is 3.57. The molecule has 2 aliphatic carbocycles. The minimum atomic E-state index is 0.631. The van der Waals surface area contributed by atoms with Crippen LogP contribution in [-0.4, -0.2) is 18.2 Å². The van der Waals surface area contributed by atoms with Gasteiger partial charge in [-0.25, -0.2) is 0 Å². The summed E-state index contributed by atoms with van der Waals surface area (Å²) < 4.78 is 0. The van der Waals surface area contributed by atoms with Gasteiger partial charge in [-0.05, 0) is 56.2 Å². The van der Waals surface area contributed by atoms with Gasteiger partial charge in [0.1, 0.15) is 0 Å². The van der Waals surface area contributed by atoms with Crippen molar-refractivity contribution in [3.8, 4) is 0 Å². The summed E-state index contributed by atoms with van der Waals surface area (Å²) in [5.74, 6) is 0. The van der Waals surface area contributed by atoms with Gasteiger partial charge in [-0.15, -0.1) is 0 Å². The normalized spacial score (nSPS) is 25.6. The van der Waals surface area contributed by atoms with Crippen LogP contribution in [0.3, 0.4) is 0 Å². The van der Waals surface area contributed by atoms with Gasteiger partial charge in [0.05, 0.1) is 0 Å². The van der Waals surface area contributed by atoms with Gasteiger partial charge >= 0.3 is 0 Å². The molecule has 0 unspecified atom stereocenters. The van der Waals surface area contributed by atoms with Crippen molar-refractivity contribution in [3.05, 3.63) is 0 Å². The fourth-order valence-corrected chi connectivity index (χ4v) is 2.48. The number of hydrogen-bond donors (Lipinski definition) is 2. The first-order valence-corrected chi connectivity index (χ1v) is 5.63. The topological polar surface area (TPSA) is 24.1 Å². The summed E-state index contributed by atoms with van der Waals surface area (Å²) in [7, 11) is 1.88. The Hall–Kier alpha value is -0.310. The monoisotopic (exact) mass is 198 g/mol. The molecule has 2 nitrogen and oxygen atoms in total. The molecular formula is C10H18N2S. The number of thiocarbonyl (C=S) groups is 1. The molecule has 2 fully saturated rings. The van der Waals surface area contributed by atoms with Gasteiger partial charge in [0.25, 0.3) is 0 Å². The van der Waals surface area contributed by atoms with E-state index in [9.17, 15) is 0 Å². The van der Waals surface area contributed by atoms with Crippen LogP contribution >= 0.6 is 12.2 Å². The molecule has 0 saturated heterocycles. The van der Waals surface area contributed by atoms with E-state index in [1.807, 2.05) is 7.05 Å². The molecule has 0 heterocycles. The van der Waals surface area contributed by atoms with Crippen LogP contribution in [0.2, 0.25) is 0 Å². The summed E-state index contributed by atoms with van der Waals surface area (Å²) in [6, 6.07) is 0.631. The highest BCUT2D eigenvalue weighted by Gasteiger charge is 2.44. The Morgan fingerprint density at radius 1 is 1.23 bits per heavy atom. The largest absolute Gasteiger partial charge is 0.366 e. The van der Waals surface area contributed by atoms with Crippen LogP contribution in [0.4, 0.5) is 0 Å². The van der Waals surface area contributed by atoms with E-state index in [0.717, 1.165) is 10.5 Å². The first-order chi connectivity index (χ1) is 6.24. The van der Waals surface area contributed by atoms with E-state index in [1.165, 1.54) is 38.5 Å². The predicted octanol–water partition coefficient (Wildman–Crippen LogP) is 1.80. The summed E-state index contributed by atoms with van der Waals surface area (Å²) >= 11 is 5.09. The van der Waals surface area contributed by atoms with Crippen molar-refractivity contribution in [2.45, 2.75) is 44.6 Å². The zero-order valence-electron chi connectivity index (χ0n) is 8.23. The van der Waals surface area contributed by atoms with Crippen LogP contribution in [0.25, 0.3) is 0 Å². The second kappa shape index (κ2) is 3.45. The molecule has 2 N–H and O–H groups in total. The van der Waals surface area contributed by atoms with Crippen molar-refractivity contribution in [3.63, 3.8) is 0 Å². The molecule has 0 aromatic rings. The van der Waals surface area contributed by atoms with Gasteiger partial charge in [0.15, 0.2) is 5.11 Å².